The van der Waals surface area contributed by atoms with Crippen molar-refractivity contribution in [1.82, 2.24) is 10.9 Å². The van der Waals surface area contributed by atoms with E-state index in [1.807, 2.05) is 19.1 Å². The summed E-state index contributed by atoms with van der Waals surface area (Å²) in [5.41, 5.74) is 6.79. The molecule has 0 spiro atoms. The predicted molar refractivity (Wildman–Crippen MR) is 94.0 cm³/mol. The van der Waals surface area contributed by atoms with Crippen molar-refractivity contribution in [2.75, 3.05) is 0 Å². The number of hydrogen-bond donors (Lipinski definition) is 3. The van der Waals surface area contributed by atoms with Crippen LogP contribution in [-0.4, -0.2) is 17.0 Å². The second-order valence-corrected chi connectivity index (χ2v) is 5.58. The van der Waals surface area contributed by atoms with E-state index in [1.54, 1.807) is 12.1 Å². The van der Waals surface area contributed by atoms with E-state index < -0.39 is 0 Å². The van der Waals surface area contributed by atoms with Crippen molar-refractivity contribution >= 4 is 11.9 Å². The minimum Gasteiger partial charge on any atom is -0.508 e. The first-order chi connectivity index (χ1) is 12.1. The fraction of sp³-hybridized carbons (Fsp3) is 0.263. The molecule has 0 heterocycles. The second kappa shape index (κ2) is 9.44. The van der Waals surface area contributed by atoms with Crippen LogP contribution in [0.3, 0.4) is 0 Å². The van der Waals surface area contributed by atoms with E-state index in [0.717, 1.165) is 18.4 Å². The number of unbranched alkanes of at least 4 members (excludes halogenated alkanes) is 1. The molecule has 6 nitrogen and oxygen atoms in total. The quantitative estimate of drug-likeness (QED) is 0.390. The number of esters is 1. The molecule has 25 heavy (non-hydrogen) atoms. The van der Waals surface area contributed by atoms with Gasteiger partial charge >= 0.3 is 5.97 Å². The minimum atomic E-state index is -0.290. The summed E-state index contributed by atoms with van der Waals surface area (Å²) in [6, 6.07) is 13.1. The number of phenolic OH excluding ortho intramolecular Hbond substituents is 1. The molecule has 0 aliphatic heterocycles. The number of hydrazine groups is 1. The average Bonchev–Trinajstić information content (AvgIpc) is 2.62. The molecule has 0 bridgehead atoms. The van der Waals surface area contributed by atoms with Gasteiger partial charge in [-0.3, -0.25) is 15.0 Å². The smallest absolute Gasteiger partial charge is 0.311 e. The van der Waals surface area contributed by atoms with Gasteiger partial charge in [0, 0.05) is 18.5 Å². The molecule has 2 rings (SSSR count). The molecule has 2 aromatic rings. The van der Waals surface area contributed by atoms with Gasteiger partial charge in [0.25, 0.3) is 5.91 Å². The normalized spacial score (nSPS) is 10.3. The topological polar surface area (TPSA) is 87.7 Å². The number of hydrogen-bond acceptors (Lipinski definition) is 5. The third-order valence-electron chi connectivity index (χ3n) is 3.51. The van der Waals surface area contributed by atoms with E-state index in [9.17, 15) is 14.7 Å². The van der Waals surface area contributed by atoms with Gasteiger partial charge in [-0.2, -0.15) is 0 Å². The number of aromatic hydroxyl groups is 1. The van der Waals surface area contributed by atoms with Crippen LogP contribution in [0, 0.1) is 0 Å². The van der Waals surface area contributed by atoms with Crippen molar-refractivity contribution in [1.29, 1.82) is 0 Å². The molecule has 0 saturated carbocycles. The predicted octanol–water partition coefficient (Wildman–Crippen LogP) is 2.92. The summed E-state index contributed by atoms with van der Waals surface area (Å²) in [5, 5.41) is 9.20. The highest BCUT2D eigenvalue weighted by atomic mass is 16.5. The SMILES string of the molecule is CCCCC(=O)Oc1ccc(CNNC(=O)c2ccc(O)cc2)cc1. The van der Waals surface area contributed by atoms with Gasteiger partial charge in [-0.15, -0.1) is 0 Å². The molecule has 132 valence electrons. The Morgan fingerprint density at radius 1 is 1.04 bits per heavy atom. The maximum Gasteiger partial charge on any atom is 0.311 e. The summed E-state index contributed by atoms with van der Waals surface area (Å²) in [6.45, 7) is 2.45. The van der Waals surface area contributed by atoms with Gasteiger partial charge in [0.05, 0.1) is 0 Å². The van der Waals surface area contributed by atoms with E-state index >= 15 is 0 Å². The molecular weight excluding hydrogens is 320 g/mol. The monoisotopic (exact) mass is 342 g/mol. The molecule has 1 amide bonds. The van der Waals surface area contributed by atoms with Crippen molar-refractivity contribution in [2.45, 2.75) is 32.7 Å². The largest absolute Gasteiger partial charge is 0.508 e. The Bertz CT molecular complexity index is 696. The summed E-state index contributed by atoms with van der Waals surface area (Å²) in [7, 11) is 0. The van der Waals surface area contributed by atoms with Gasteiger partial charge in [-0.1, -0.05) is 25.5 Å². The standard InChI is InChI=1S/C19H22N2O4/c1-2-3-4-18(23)25-17-11-5-14(6-12-17)13-20-21-19(24)15-7-9-16(22)10-8-15/h5-12,20,22H,2-4,13H2,1H3,(H,21,24). The van der Waals surface area contributed by atoms with E-state index in [4.69, 9.17) is 4.74 Å². The average molecular weight is 342 g/mol. The van der Waals surface area contributed by atoms with Gasteiger partial charge in [-0.05, 0) is 48.4 Å². The van der Waals surface area contributed by atoms with Crippen LogP contribution < -0.4 is 15.6 Å². The number of amides is 1. The lowest BCUT2D eigenvalue weighted by atomic mass is 10.2. The lowest BCUT2D eigenvalue weighted by Gasteiger charge is -2.08. The zero-order valence-corrected chi connectivity index (χ0v) is 14.1. The molecule has 0 aromatic heterocycles. The number of nitrogens with one attached hydrogen (secondary N) is 2. The zero-order valence-electron chi connectivity index (χ0n) is 14.1. The second-order valence-electron chi connectivity index (χ2n) is 5.58. The third-order valence-corrected chi connectivity index (χ3v) is 3.51. The summed E-state index contributed by atoms with van der Waals surface area (Å²) in [5.74, 6) is 0.105. The van der Waals surface area contributed by atoms with Crippen molar-refractivity contribution in [3.63, 3.8) is 0 Å². The summed E-state index contributed by atoms with van der Waals surface area (Å²) in [6.07, 6.45) is 2.19. The van der Waals surface area contributed by atoms with Crippen LogP contribution in [0.25, 0.3) is 0 Å². The fourth-order valence-corrected chi connectivity index (χ4v) is 2.09. The first-order valence-electron chi connectivity index (χ1n) is 8.20. The van der Waals surface area contributed by atoms with Crippen molar-refractivity contribution in [3.05, 3.63) is 59.7 Å². The van der Waals surface area contributed by atoms with E-state index in [-0.39, 0.29) is 17.6 Å². The molecule has 3 N–H and O–H groups in total. The highest BCUT2D eigenvalue weighted by Gasteiger charge is 2.06. The van der Waals surface area contributed by atoms with Gasteiger partial charge in [0.2, 0.25) is 0 Å². The maximum atomic E-state index is 11.9. The number of benzene rings is 2. The first-order valence-corrected chi connectivity index (χ1v) is 8.20. The molecule has 2 aromatic carbocycles. The lowest BCUT2D eigenvalue weighted by molar-refractivity contribution is -0.134. The Kier molecular flexibility index (Phi) is 6.98. The Balaban J connectivity index is 1.76. The van der Waals surface area contributed by atoms with Gasteiger partial charge in [-0.25, -0.2) is 5.43 Å². The van der Waals surface area contributed by atoms with Crippen molar-refractivity contribution in [2.24, 2.45) is 0 Å². The van der Waals surface area contributed by atoms with E-state index in [1.165, 1.54) is 24.3 Å². The molecular formula is C19H22N2O4. The number of ether oxygens (including phenoxy) is 1. The Morgan fingerprint density at radius 2 is 1.72 bits per heavy atom. The number of phenols is 1. The Hall–Kier alpha value is -2.86. The zero-order chi connectivity index (χ0) is 18.1. The van der Waals surface area contributed by atoms with Gasteiger partial charge in [0.1, 0.15) is 11.5 Å². The van der Waals surface area contributed by atoms with Crippen LogP contribution in [0.4, 0.5) is 0 Å². The molecule has 6 heteroatoms. The Labute approximate surface area is 146 Å². The molecule has 0 saturated heterocycles. The summed E-state index contributed by atoms with van der Waals surface area (Å²) < 4.78 is 5.23. The highest BCUT2D eigenvalue weighted by molar-refractivity contribution is 5.93. The number of rotatable bonds is 8. The number of carbonyl (C=O) groups is 2. The molecule has 0 radical (unpaired) electrons. The van der Waals surface area contributed by atoms with Crippen molar-refractivity contribution in [3.8, 4) is 11.5 Å². The molecule has 0 aliphatic carbocycles. The van der Waals surface area contributed by atoms with Gasteiger partial charge in [0.15, 0.2) is 0 Å². The summed E-state index contributed by atoms with van der Waals surface area (Å²) in [4.78, 5) is 23.5. The number of carbonyl (C=O) groups excluding carboxylic acids is 2. The van der Waals surface area contributed by atoms with Crippen molar-refractivity contribution < 1.29 is 19.4 Å². The van der Waals surface area contributed by atoms with Crippen LogP contribution in [0.15, 0.2) is 48.5 Å². The minimum absolute atomic E-state index is 0.111. The fourth-order valence-electron chi connectivity index (χ4n) is 2.09. The molecule has 0 fully saturated rings. The highest BCUT2D eigenvalue weighted by Crippen LogP contribution is 2.13. The first kappa shape index (κ1) is 18.5. The molecule has 0 aliphatic rings. The van der Waals surface area contributed by atoms with Gasteiger partial charge < -0.3 is 9.84 Å². The maximum absolute atomic E-state index is 11.9. The molecule has 0 atom stereocenters. The van der Waals surface area contributed by atoms with Crippen LogP contribution >= 0.6 is 0 Å². The van der Waals surface area contributed by atoms with Crippen LogP contribution in [0.5, 0.6) is 11.5 Å². The van der Waals surface area contributed by atoms with E-state index in [0.29, 0.717) is 24.3 Å². The van der Waals surface area contributed by atoms with Crippen LogP contribution in [0.1, 0.15) is 42.1 Å². The lowest BCUT2D eigenvalue weighted by Crippen LogP contribution is -2.36. The van der Waals surface area contributed by atoms with Crippen LogP contribution in [0.2, 0.25) is 0 Å². The Morgan fingerprint density at radius 3 is 2.36 bits per heavy atom. The van der Waals surface area contributed by atoms with Crippen LogP contribution in [-0.2, 0) is 11.3 Å². The molecule has 0 unspecified atom stereocenters. The summed E-state index contributed by atoms with van der Waals surface area (Å²) >= 11 is 0. The van der Waals surface area contributed by atoms with E-state index in [2.05, 4.69) is 10.9 Å². The third kappa shape index (κ3) is 6.27.